The van der Waals surface area contributed by atoms with Crippen LogP contribution in [0, 0.1) is 11.6 Å². The van der Waals surface area contributed by atoms with Crippen molar-refractivity contribution in [1.29, 1.82) is 0 Å². The first-order chi connectivity index (χ1) is 9.93. The van der Waals surface area contributed by atoms with Crippen LogP contribution in [0.15, 0.2) is 23.1 Å². The number of piperidine rings is 1. The standard InChI is InChI=1S/C13H15F2NO4S/c14-10-2-3-11(15)12(8-10)21(17,18)16-5-1-4-13(9-16)19-6-7-20-13/h2-3,8H,1,4-7,9H2. The molecule has 116 valence electrons. The van der Waals surface area contributed by atoms with Crippen molar-refractivity contribution >= 4 is 10.0 Å². The zero-order chi connectivity index (χ0) is 15.1. The lowest BCUT2D eigenvalue weighted by Gasteiger charge is -2.37. The minimum atomic E-state index is -4.12. The zero-order valence-corrected chi connectivity index (χ0v) is 12.0. The van der Waals surface area contributed by atoms with Crippen LogP contribution in [0.2, 0.25) is 0 Å². The van der Waals surface area contributed by atoms with Crippen LogP contribution in [0.3, 0.4) is 0 Å². The normalized spacial score (nSPS) is 22.8. The SMILES string of the molecule is O=S(=O)(c1cc(F)ccc1F)N1CCCC2(C1)OCCO2. The lowest BCUT2D eigenvalue weighted by Crippen LogP contribution is -2.51. The lowest BCUT2D eigenvalue weighted by molar-refractivity contribution is -0.179. The van der Waals surface area contributed by atoms with Crippen molar-refractivity contribution in [2.75, 3.05) is 26.3 Å². The predicted molar refractivity (Wildman–Crippen MR) is 69.0 cm³/mol. The fourth-order valence-corrected chi connectivity index (χ4v) is 4.29. The van der Waals surface area contributed by atoms with E-state index in [9.17, 15) is 17.2 Å². The summed E-state index contributed by atoms with van der Waals surface area (Å²) in [7, 11) is -4.12. The van der Waals surface area contributed by atoms with Crippen molar-refractivity contribution < 1.29 is 26.7 Å². The summed E-state index contributed by atoms with van der Waals surface area (Å²) in [4.78, 5) is -0.655. The van der Waals surface area contributed by atoms with Gasteiger partial charge in [-0.25, -0.2) is 17.2 Å². The van der Waals surface area contributed by atoms with Gasteiger partial charge in [-0.3, -0.25) is 0 Å². The Hall–Kier alpha value is -1.09. The van der Waals surface area contributed by atoms with Crippen LogP contribution in [0.1, 0.15) is 12.8 Å². The van der Waals surface area contributed by atoms with Gasteiger partial charge < -0.3 is 9.47 Å². The molecule has 2 aliphatic rings. The molecule has 2 aliphatic heterocycles. The summed E-state index contributed by atoms with van der Waals surface area (Å²) in [6.07, 6.45) is 1.13. The summed E-state index contributed by atoms with van der Waals surface area (Å²) in [6.45, 7) is 1.03. The van der Waals surface area contributed by atoms with Gasteiger partial charge in [0.15, 0.2) is 5.79 Å². The highest BCUT2D eigenvalue weighted by atomic mass is 32.2. The maximum absolute atomic E-state index is 13.8. The van der Waals surface area contributed by atoms with E-state index in [2.05, 4.69) is 0 Å². The number of halogens is 2. The van der Waals surface area contributed by atoms with Gasteiger partial charge in [-0.2, -0.15) is 4.31 Å². The highest BCUT2D eigenvalue weighted by Gasteiger charge is 2.44. The van der Waals surface area contributed by atoms with Crippen molar-refractivity contribution in [2.45, 2.75) is 23.5 Å². The molecule has 0 N–H and O–H groups in total. The van der Waals surface area contributed by atoms with E-state index in [1.54, 1.807) is 0 Å². The molecule has 8 heteroatoms. The van der Waals surface area contributed by atoms with E-state index in [1.807, 2.05) is 0 Å². The van der Waals surface area contributed by atoms with Crippen LogP contribution < -0.4 is 0 Å². The summed E-state index contributed by atoms with van der Waals surface area (Å²) >= 11 is 0. The topological polar surface area (TPSA) is 55.8 Å². The molecule has 2 saturated heterocycles. The van der Waals surface area contributed by atoms with Crippen molar-refractivity contribution in [3.63, 3.8) is 0 Å². The third-order valence-electron chi connectivity index (χ3n) is 3.71. The maximum atomic E-state index is 13.8. The third kappa shape index (κ3) is 2.68. The molecule has 0 aliphatic carbocycles. The van der Waals surface area contributed by atoms with E-state index < -0.39 is 32.3 Å². The molecule has 2 fully saturated rings. The van der Waals surface area contributed by atoms with Gasteiger partial charge in [-0.1, -0.05) is 0 Å². The van der Waals surface area contributed by atoms with E-state index >= 15 is 0 Å². The molecule has 0 saturated carbocycles. The number of nitrogens with zero attached hydrogens (tertiary/aromatic N) is 1. The molecule has 1 aromatic rings. The zero-order valence-electron chi connectivity index (χ0n) is 11.2. The van der Waals surface area contributed by atoms with Crippen LogP contribution in [0.25, 0.3) is 0 Å². The summed E-state index contributed by atoms with van der Waals surface area (Å²) < 4.78 is 64.1. The van der Waals surface area contributed by atoms with Crippen molar-refractivity contribution in [1.82, 2.24) is 4.31 Å². The van der Waals surface area contributed by atoms with E-state index in [0.29, 0.717) is 32.1 Å². The van der Waals surface area contributed by atoms with Gasteiger partial charge in [0.2, 0.25) is 10.0 Å². The first-order valence-electron chi connectivity index (χ1n) is 6.66. The first kappa shape index (κ1) is 14.8. The Morgan fingerprint density at radius 2 is 1.90 bits per heavy atom. The Morgan fingerprint density at radius 3 is 2.62 bits per heavy atom. The quantitative estimate of drug-likeness (QED) is 0.829. The Bertz CT molecular complexity index is 644. The van der Waals surface area contributed by atoms with Gasteiger partial charge in [-0.15, -0.1) is 0 Å². The summed E-state index contributed by atoms with van der Waals surface area (Å²) in [5, 5.41) is 0. The summed E-state index contributed by atoms with van der Waals surface area (Å²) in [5.41, 5.74) is 0. The highest BCUT2D eigenvalue weighted by molar-refractivity contribution is 7.89. The van der Waals surface area contributed by atoms with Gasteiger partial charge in [0.05, 0.1) is 19.8 Å². The number of sulfonamides is 1. The summed E-state index contributed by atoms with van der Waals surface area (Å²) in [6, 6.07) is 2.39. The van der Waals surface area contributed by atoms with Crippen LogP contribution in [-0.2, 0) is 19.5 Å². The minimum absolute atomic E-state index is 0.00864. The van der Waals surface area contributed by atoms with Gasteiger partial charge in [0.1, 0.15) is 16.5 Å². The molecule has 0 amide bonds. The van der Waals surface area contributed by atoms with Gasteiger partial charge >= 0.3 is 0 Å². The molecule has 1 spiro atoms. The Kier molecular flexibility index (Phi) is 3.73. The fraction of sp³-hybridized carbons (Fsp3) is 0.538. The molecule has 0 aromatic heterocycles. The maximum Gasteiger partial charge on any atom is 0.246 e. The second kappa shape index (κ2) is 5.28. The van der Waals surface area contributed by atoms with Crippen LogP contribution in [0.4, 0.5) is 8.78 Å². The van der Waals surface area contributed by atoms with Gasteiger partial charge in [0.25, 0.3) is 0 Å². The molecule has 21 heavy (non-hydrogen) atoms. The molecule has 2 heterocycles. The monoisotopic (exact) mass is 319 g/mol. The number of benzene rings is 1. The minimum Gasteiger partial charge on any atom is -0.346 e. The molecule has 0 atom stereocenters. The molecular weight excluding hydrogens is 304 g/mol. The van der Waals surface area contributed by atoms with E-state index in [0.717, 1.165) is 16.4 Å². The van der Waals surface area contributed by atoms with E-state index in [1.165, 1.54) is 0 Å². The lowest BCUT2D eigenvalue weighted by atomic mass is 10.1. The van der Waals surface area contributed by atoms with E-state index in [-0.39, 0.29) is 13.1 Å². The van der Waals surface area contributed by atoms with Crippen molar-refractivity contribution in [2.24, 2.45) is 0 Å². The fourth-order valence-electron chi connectivity index (χ4n) is 2.70. The molecule has 1 aromatic carbocycles. The molecular formula is C13H15F2NO4S. The predicted octanol–water partition coefficient (Wildman–Crippen LogP) is 1.49. The molecule has 0 unspecified atom stereocenters. The second-order valence-electron chi connectivity index (χ2n) is 5.12. The van der Waals surface area contributed by atoms with E-state index in [4.69, 9.17) is 9.47 Å². The van der Waals surface area contributed by atoms with Gasteiger partial charge in [0, 0.05) is 13.0 Å². The van der Waals surface area contributed by atoms with Crippen LogP contribution in [-0.4, -0.2) is 44.8 Å². The average Bonchev–Trinajstić information content (AvgIpc) is 2.89. The number of hydrogen-bond acceptors (Lipinski definition) is 4. The highest BCUT2D eigenvalue weighted by Crippen LogP contribution is 2.33. The first-order valence-corrected chi connectivity index (χ1v) is 8.10. The second-order valence-corrected chi connectivity index (χ2v) is 7.03. The van der Waals surface area contributed by atoms with Gasteiger partial charge in [-0.05, 0) is 24.6 Å². The number of hydrogen-bond donors (Lipinski definition) is 0. The molecule has 5 nitrogen and oxygen atoms in total. The van der Waals surface area contributed by atoms with Crippen molar-refractivity contribution in [3.8, 4) is 0 Å². The third-order valence-corrected chi connectivity index (χ3v) is 5.57. The van der Waals surface area contributed by atoms with Crippen LogP contribution in [0.5, 0.6) is 0 Å². The average molecular weight is 319 g/mol. The van der Waals surface area contributed by atoms with Crippen molar-refractivity contribution in [3.05, 3.63) is 29.8 Å². The van der Waals surface area contributed by atoms with Crippen LogP contribution >= 0.6 is 0 Å². The Labute approximate surface area is 121 Å². The Morgan fingerprint density at radius 1 is 1.19 bits per heavy atom. The molecule has 0 radical (unpaired) electrons. The molecule has 3 rings (SSSR count). The largest absolute Gasteiger partial charge is 0.346 e. The number of rotatable bonds is 2. The Balaban J connectivity index is 1.92. The summed E-state index contributed by atoms with van der Waals surface area (Å²) in [5.74, 6) is -2.71. The molecule has 0 bridgehead atoms. The number of ether oxygens (including phenoxy) is 2. The smallest absolute Gasteiger partial charge is 0.246 e.